The summed E-state index contributed by atoms with van der Waals surface area (Å²) in [5.74, 6) is 1.47. The number of aromatic nitrogens is 4. The van der Waals surface area contributed by atoms with Crippen LogP contribution in [-0.4, -0.2) is 36.8 Å². The number of aliphatic hydroxyl groups excluding tert-OH is 1. The first-order valence-electron chi connectivity index (χ1n) is 8.93. The molecule has 0 spiro atoms. The Bertz CT molecular complexity index is 853. The van der Waals surface area contributed by atoms with Gasteiger partial charge in [-0.25, -0.2) is 15.0 Å². The van der Waals surface area contributed by atoms with Crippen molar-refractivity contribution in [3.8, 4) is 11.4 Å². The number of fused-ring (bicyclic) bond motifs is 1. The second-order valence-corrected chi connectivity index (χ2v) is 6.81. The topological polar surface area (TPSA) is 75.9 Å². The van der Waals surface area contributed by atoms with E-state index in [-0.39, 0.29) is 0 Å². The summed E-state index contributed by atoms with van der Waals surface area (Å²) in [5.41, 5.74) is 2.51. The zero-order valence-corrected chi connectivity index (χ0v) is 14.4. The summed E-state index contributed by atoms with van der Waals surface area (Å²) < 4.78 is 1.90. The fourth-order valence-corrected chi connectivity index (χ4v) is 3.44. The molecule has 1 unspecified atom stereocenters. The monoisotopic (exact) mass is 337 g/mol. The van der Waals surface area contributed by atoms with Gasteiger partial charge in [-0.15, -0.1) is 0 Å². The van der Waals surface area contributed by atoms with Crippen LogP contribution >= 0.6 is 0 Å². The number of benzene rings is 1. The van der Waals surface area contributed by atoms with Gasteiger partial charge in [0, 0.05) is 11.6 Å². The molecule has 2 N–H and O–H groups in total. The average molecular weight is 337 g/mol. The van der Waals surface area contributed by atoms with E-state index >= 15 is 0 Å². The van der Waals surface area contributed by atoms with Gasteiger partial charge in [0.05, 0.1) is 19.0 Å². The summed E-state index contributed by atoms with van der Waals surface area (Å²) in [6.45, 7) is 2.23. The predicted octanol–water partition coefficient (Wildman–Crippen LogP) is 3.23. The van der Waals surface area contributed by atoms with E-state index in [1.807, 2.05) is 34.9 Å². The lowest BCUT2D eigenvalue weighted by Gasteiger charge is -2.14. The minimum absolute atomic E-state index is 0.448. The summed E-state index contributed by atoms with van der Waals surface area (Å²) >= 11 is 0. The molecule has 3 aromatic rings. The van der Waals surface area contributed by atoms with E-state index in [9.17, 15) is 5.11 Å². The molecule has 1 aliphatic carbocycles. The molecule has 4 rings (SSSR count). The Morgan fingerprint density at radius 1 is 1.20 bits per heavy atom. The van der Waals surface area contributed by atoms with Gasteiger partial charge in [0.25, 0.3) is 0 Å². The van der Waals surface area contributed by atoms with Crippen molar-refractivity contribution < 1.29 is 5.11 Å². The van der Waals surface area contributed by atoms with Gasteiger partial charge < -0.3 is 15.0 Å². The van der Waals surface area contributed by atoms with Crippen molar-refractivity contribution in [3.05, 3.63) is 36.7 Å². The largest absolute Gasteiger partial charge is 0.392 e. The quantitative estimate of drug-likeness (QED) is 0.747. The fourth-order valence-electron chi connectivity index (χ4n) is 3.44. The van der Waals surface area contributed by atoms with Gasteiger partial charge >= 0.3 is 0 Å². The molecule has 1 saturated carbocycles. The van der Waals surface area contributed by atoms with Gasteiger partial charge in [-0.05, 0) is 19.8 Å². The molecule has 0 amide bonds. The highest BCUT2D eigenvalue weighted by Gasteiger charge is 2.20. The lowest BCUT2D eigenvalue weighted by Crippen LogP contribution is -2.17. The van der Waals surface area contributed by atoms with Crippen molar-refractivity contribution in [3.63, 3.8) is 0 Å². The number of hydrogen-bond acceptors (Lipinski definition) is 5. The van der Waals surface area contributed by atoms with E-state index in [2.05, 4.69) is 10.3 Å². The maximum atomic E-state index is 9.76. The lowest BCUT2D eigenvalue weighted by molar-refractivity contribution is 0.175. The van der Waals surface area contributed by atoms with Crippen molar-refractivity contribution in [2.45, 2.75) is 51.3 Å². The van der Waals surface area contributed by atoms with Crippen LogP contribution in [0.2, 0.25) is 0 Å². The molecule has 1 atom stereocenters. The SMILES string of the molecule is CC(O)Cn1cnc2c(NC3CCCC3)nc(-c3ccccc3)nc21. The van der Waals surface area contributed by atoms with Crippen molar-refractivity contribution in [2.75, 3.05) is 5.32 Å². The van der Waals surface area contributed by atoms with E-state index < -0.39 is 6.10 Å². The van der Waals surface area contributed by atoms with E-state index in [0.29, 0.717) is 18.4 Å². The third kappa shape index (κ3) is 3.35. The van der Waals surface area contributed by atoms with E-state index in [0.717, 1.165) is 22.5 Å². The van der Waals surface area contributed by atoms with E-state index in [1.54, 1.807) is 13.3 Å². The molecule has 2 heterocycles. The Kier molecular flexibility index (Phi) is 4.36. The van der Waals surface area contributed by atoms with Gasteiger partial charge in [0.1, 0.15) is 5.52 Å². The second-order valence-electron chi connectivity index (χ2n) is 6.81. The summed E-state index contributed by atoms with van der Waals surface area (Å²) in [4.78, 5) is 14.0. The number of hydrogen-bond donors (Lipinski definition) is 2. The average Bonchev–Trinajstić information content (AvgIpc) is 3.26. The highest BCUT2D eigenvalue weighted by atomic mass is 16.3. The standard InChI is InChI=1S/C19H23N5O/c1-13(25)11-24-12-20-16-18(21-15-9-5-6-10-15)22-17(23-19(16)24)14-7-3-2-4-8-14/h2-4,7-8,12-13,15,25H,5-6,9-11H2,1H3,(H,21,22,23). The molecule has 2 aromatic heterocycles. The van der Waals surface area contributed by atoms with Crippen LogP contribution in [0.15, 0.2) is 36.7 Å². The zero-order valence-electron chi connectivity index (χ0n) is 14.4. The predicted molar refractivity (Wildman–Crippen MR) is 98.3 cm³/mol. The van der Waals surface area contributed by atoms with Crippen LogP contribution in [0, 0.1) is 0 Å². The molecule has 0 aliphatic heterocycles. The van der Waals surface area contributed by atoms with Crippen molar-refractivity contribution in [1.29, 1.82) is 0 Å². The number of nitrogens with one attached hydrogen (secondary N) is 1. The molecule has 1 fully saturated rings. The Morgan fingerprint density at radius 3 is 2.68 bits per heavy atom. The summed E-state index contributed by atoms with van der Waals surface area (Å²) in [7, 11) is 0. The molecule has 6 heteroatoms. The van der Waals surface area contributed by atoms with Gasteiger partial charge in [0.2, 0.25) is 0 Å². The van der Waals surface area contributed by atoms with Crippen LogP contribution in [0.5, 0.6) is 0 Å². The van der Waals surface area contributed by atoms with Crippen LogP contribution in [0.4, 0.5) is 5.82 Å². The van der Waals surface area contributed by atoms with Gasteiger partial charge in [0.15, 0.2) is 17.3 Å². The van der Waals surface area contributed by atoms with E-state index in [1.165, 1.54) is 25.7 Å². The lowest BCUT2D eigenvalue weighted by atomic mass is 10.2. The number of aliphatic hydroxyl groups is 1. The first-order valence-corrected chi connectivity index (χ1v) is 8.93. The number of anilines is 1. The third-order valence-electron chi connectivity index (χ3n) is 4.65. The van der Waals surface area contributed by atoms with Gasteiger partial charge in [-0.2, -0.15) is 0 Å². The Labute approximate surface area is 147 Å². The van der Waals surface area contributed by atoms with Gasteiger partial charge in [-0.3, -0.25) is 0 Å². The molecule has 1 aliphatic rings. The molecule has 1 aromatic carbocycles. The zero-order chi connectivity index (χ0) is 17.2. The summed E-state index contributed by atoms with van der Waals surface area (Å²) in [6.07, 6.45) is 6.13. The highest BCUT2D eigenvalue weighted by molar-refractivity contribution is 5.85. The van der Waals surface area contributed by atoms with Crippen molar-refractivity contribution >= 4 is 17.0 Å². The normalized spacial score (nSPS) is 16.4. The minimum atomic E-state index is -0.459. The van der Waals surface area contributed by atoms with Crippen molar-refractivity contribution in [1.82, 2.24) is 19.5 Å². The molecule has 0 radical (unpaired) electrons. The molecule has 25 heavy (non-hydrogen) atoms. The molecule has 130 valence electrons. The number of nitrogens with zero attached hydrogens (tertiary/aromatic N) is 4. The summed E-state index contributed by atoms with van der Waals surface area (Å²) in [6, 6.07) is 10.4. The minimum Gasteiger partial charge on any atom is -0.392 e. The van der Waals surface area contributed by atoms with Crippen LogP contribution in [0.1, 0.15) is 32.6 Å². The Morgan fingerprint density at radius 2 is 1.96 bits per heavy atom. The maximum absolute atomic E-state index is 9.76. The Balaban J connectivity index is 1.81. The summed E-state index contributed by atoms with van der Waals surface area (Å²) in [5, 5.41) is 13.3. The third-order valence-corrected chi connectivity index (χ3v) is 4.65. The number of imidazole rings is 1. The number of rotatable bonds is 5. The fraction of sp³-hybridized carbons (Fsp3) is 0.421. The van der Waals surface area contributed by atoms with Crippen molar-refractivity contribution in [2.24, 2.45) is 0 Å². The van der Waals surface area contributed by atoms with Gasteiger partial charge in [-0.1, -0.05) is 43.2 Å². The Hall–Kier alpha value is -2.47. The molecule has 0 bridgehead atoms. The smallest absolute Gasteiger partial charge is 0.166 e. The van der Waals surface area contributed by atoms with Crippen LogP contribution in [-0.2, 0) is 6.54 Å². The molecule has 0 saturated heterocycles. The first-order chi connectivity index (χ1) is 12.2. The maximum Gasteiger partial charge on any atom is 0.166 e. The van der Waals surface area contributed by atoms with Crippen LogP contribution < -0.4 is 5.32 Å². The second kappa shape index (κ2) is 6.80. The van der Waals surface area contributed by atoms with Crippen LogP contribution in [0.3, 0.4) is 0 Å². The molecular formula is C19H23N5O. The highest BCUT2D eigenvalue weighted by Crippen LogP contribution is 2.28. The van der Waals surface area contributed by atoms with Crippen LogP contribution in [0.25, 0.3) is 22.6 Å². The first kappa shape index (κ1) is 16.0. The molecule has 6 nitrogen and oxygen atoms in total. The van der Waals surface area contributed by atoms with E-state index in [4.69, 9.17) is 9.97 Å². The molecular weight excluding hydrogens is 314 g/mol.